The van der Waals surface area contributed by atoms with Gasteiger partial charge in [0.1, 0.15) is 16.8 Å². The lowest BCUT2D eigenvalue weighted by molar-refractivity contribution is 0.578. The highest BCUT2D eigenvalue weighted by atomic mass is 32.2. The van der Waals surface area contributed by atoms with E-state index in [4.69, 9.17) is 0 Å². The summed E-state index contributed by atoms with van der Waals surface area (Å²) in [6, 6.07) is 8.66. The number of nitrogens with zero attached hydrogens (tertiary/aromatic N) is 2. The van der Waals surface area contributed by atoms with Crippen molar-refractivity contribution in [2.45, 2.75) is 11.8 Å². The van der Waals surface area contributed by atoms with Crippen molar-refractivity contribution < 1.29 is 17.2 Å². The third-order valence-corrected chi connectivity index (χ3v) is 6.24. The fourth-order valence-corrected chi connectivity index (χ4v) is 4.69. The van der Waals surface area contributed by atoms with Crippen molar-refractivity contribution in [1.29, 1.82) is 0 Å². The Kier molecular flexibility index (Phi) is 5.71. The molecule has 3 rings (SSSR count). The molecule has 1 N–H and O–H groups in total. The highest BCUT2D eigenvalue weighted by Gasteiger charge is 2.32. The van der Waals surface area contributed by atoms with Crippen molar-refractivity contribution >= 4 is 10.0 Å². The maximum absolute atomic E-state index is 15.1. The van der Waals surface area contributed by atoms with Crippen LogP contribution < -0.4 is 5.32 Å². The number of benzene rings is 1. The van der Waals surface area contributed by atoms with E-state index in [9.17, 15) is 12.8 Å². The molecule has 0 bridgehead atoms. The molecule has 1 unspecified atom stereocenters. The molecule has 2 aromatic heterocycles. The number of hydrogen-bond acceptors (Lipinski definition) is 4. The van der Waals surface area contributed by atoms with Crippen LogP contribution in [-0.4, -0.2) is 24.4 Å². The fraction of sp³-hybridized carbons (Fsp3) is 0.150. The minimum absolute atomic E-state index is 0.0848. The average Bonchev–Trinajstić information content (AvgIpc) is 3.01. The number of hydrogen-bond donors (Lipinski definition) is 1. The van der Waals surface area contributed by atoms with Crippen LogP contribution in [0.5, 0.6) is 0 Å². The standard InChI is InChI=1S/C20H19F2N3O2S/c1-3-18(14-7-6-10-24-12-14)28(26,27)25-13-15(11-23-2)19(22)20(25)16-8-4-5-9-17(16)21/h3-10,12-13,18,23H,1,11H2,2H3. The average molecular weight is 403 g/mol. The second kappa shape index (κ2) is 8.04. The van der Waals surface area contributed by atoms with Gasteiger partial charge in [-0.3, -0.25) is 4.98 Å². The zero-order valence-electron chi connectivity index (χ0n) is 15.1. The zero-order chi connectivity index (χ0) is 20.3. The van der Waals surface area contributed by atoms with Gasteiger partial charge in [-0.1, -0.05) is 24.3 Å². The van der Waals surface area contributed by atoms with Gasteiger partial charge in [0.15, 0.2) is 5.82 Å². The van der Waals surface area contributed by atoms with Crippen molar-refractivity contribution in [3.8, 4) is 11.3 Å². The maximum Gasteiger partial charge on any atom is 0.249 e. The molecule has 5 nitrogen and oxygen atoms in total. The number of halogens is 2. The molecule has 0 spiro atoms. The molecule has 0 saturated carbocycles. The molecule has 0 saturated heterocycles. The second-order valence-electron chi connectivity index (χ2n) is 6.11. The van der Waals surface area contributed by atoms with Crippen molar-refractivity contribution in [2.24, 2.45) is 0 Å². The predicted octanol–water partition coefficient (Wildman–Crippen LogP) is 3.65. The summed E-state index contributed by atoms with van der Waals surface area (Å²) in [5.41, 5.74) is -0.00129. The van der Waals surface area contributed by atoms with E-state index in [2.05, 4.69) is 16.9 Å². The minimum atomic E-state index is -4.20. The van der Waals surface area contributed by atoms with E-state index >= 15 is 4.39 Å². The highest BCUT2D eigenvalue weighted by molar-refractivity contribution is 7.90. The molecular formula is C20H19F2N3O2S. The zero-order valence-corrected chi connectivity index (χ0v) is 16.0. The van der Waals surface area contributed by atoms with E-state index < -0.39 is 26.9 Å². The van der Waals surface area contributed by atoms with Crippen LogP contribution >= 0.6 is 0 Å². The summed E-state index contributed by atoms with van der Waals surface area (Å²) in [6.45, 7) is 3.70. The number of nitrogens with one attached hydrogen (secondary N) is 1. The Morgan fingerprint density at radius 2 is 2.00 bits per heavy atom. The van der Waals surface area contributed by atoms with Gasteiger partial charge in [0.05, 0.1) is 0 Å². The third-order valence-electron chi connectivity index (χ3n) is 4.30. The summed E-state index contributed by atoms with van der Waals surface area (Å²) >= 11 is 0. The van der Waals surface area contributed by atoms with Crippen molar-refractivity contribution in [3.63, 3.8) is 0 Å². The third kappa shape index (κ3) is 3.48. The molecule has 1 atom stereocenters. The lowest BCUT2D eigenvalue weighted by atomic mass is 10.1. The summed E-state index contributed by atoms with van der Waals surface area (Å²) in [7, 11) is -2.59. The van der Waals surface area contributed by atoms with Crippen LogP contribution in [0.25, 0.3) is 11.3 Å². The summed E-state index contributed by atoms with van der Waals surface area (Å²) in [4.78, 5) is 3.94. The van der Waals surface area contributed by atoms with Gasteiger partial charge in [-0.2, -0.15) is 0 Å². The molecule has 146 valence electrons. The molecule has 0 aliphatic carbocycles. The molecule has 2 heterocycles. The first-order chi connectivity index (χ1) is 13.4. The van der Waals surface area contributed by atoms with E-state index in [1.165, 1.54) is 42.9 Å². The van der Waals surface area contributed by atoms with Crippen molar-refractivity contribution in [1.82, 2.24) is 14.3 Å². The van der Waals surface area contributed by atoms with Crippen LogP contribution in [0.1, 0.15) is 16.4 Å². The van der Waals surface area contributed by atoms with Gasteiger partial charge in [0.25, 0.3) is 0 Å². The summed E-state index contributed by atoms with van der Waals surface area (Å²) in [5.74, 6) is -1.51. The number of rotatable bonds is 7. The highest BCUT2D eigenvalue weighted by Crippen LogP contribution is 2.34. The molecule has 3 aromatic rings. The summed E-state index contributed by atoms with van der Waals surface area (Å²) < 4.78 is 57.1. The molecule has 28 heavy (non-hydrogen) atoms. The van der Waals surface area contributed by atoms with E-state index in [1.54, 1.807) is 19.2 Å². The van der Waals surface area contributed by atoms with Crippen LogP contribution in [-0.2, 0) is 16.6 Å². The van der Waals surface area contributed by atoms with Gasteiger partial charge in [0, 0.05) is 36.3 Å². The predicted molar refractivity (Wildman–Crippen MR) is 104 cm³/mol. The fourth-order valence-electron chi connectivity index (χ4n) is 3.01. The van der Waals surface area contributed by atoms with E-state index in [0.717, 1.165) is 10.0 Å². The molecule has 0 aliphatic rings. The smallest absolute Gasteiger partial charge is 0.249 e. The SMILES string of the molecule is C=CC(c1cccnc1)S(=O)(=O)n1cc(CNC)c(F)c1-c1ccccc1F. The van der Waals surface area contributed by atoms with E-state index in [0.29, 0.717) is 5.56 Å². The largest absolute Gasteiger partial charge is 0.316 e. The molecule has 1 aromatic carbocycles. The lowest BCUT2D eigenvalue weighted by Gasteiger charge is -2.17. The van der Waals surface area contributed by atoms with Gasteiger partial charge < -0.3 is 5.32 Å². The van der Waals surface area contributed by atoms with Crippen LogP contribution in [0.4, 0.5) is 8.78 Å². The van der Waals surface area contributed by atoms with Crippen LogP contribution in [0.15, 0.2) is 67.6 Å². The normalized spacial score (nSPS) is 12.7. The Morgan fingerprint density at radius 3 is 2.61 bits per heavy atom. The van der Waals surface area contributed by atoms with E-state index in [-0.39, 0.29) is 23.4 Å². The molecule has 0 fully saturated rings. The Hall–Kier alpha value is -2.84. The molecule has 0 aliphatic heterocycles. The van der Waals surface area contributed by atoms with Gasteiger partial charge in [-0.05, 0) is 30.8 Å². The quantitative estimate of drug-likeness (QED) is 0.612. The minimum Gasteiger partial charge on any atom is -0.316 e. The maximum atomic E-state index is 15.1. The first-order valence-corrected chi connectivity index (χ1v) is 9.98. The summed E-state index contributed by atoms with van der Waals surface area (Å²) in [5, 5.41) is 1.61. The van der Waals surface area contributed by atoms with Crippen LogP contribution in [0.2, 0.25) is 0 Å². The number of pyridine rings is 1. The van der Waals surface area contributed by atoms with Gasteiger partial charge in [0.2, 0.25) is 10.0 Å². The van der Waals surface area contributed by atoms with Crippen LogP contribution in [0, 0.1) is 11.6 Å². The first-order valence-electron chi connectivity index (χ1n) is 8.48. The van der Waals surface area contributed by atoms with Crippen molar-refractivity contribution in [3.05, 3.63) is 90.4 Å². The molecule has 0 radical (unpaired) electrons. The number of aromatic nitrogens is 2. The van der Waals surface area contributed by atoms with E-state index in [1.807, 2.05) is 0 Å². The molecular weight excluding hydrogens is 384 g/mol. The van der Waals surface area contributed by atoms with Crippen molar-refractivity contribution in [2.75, 3.05) is 7.05 Å². The Morgan fingerprint density at radius 1 is 1.25 bits per heavy atom. The first kappa shape index (κ1) is 19.9. The Balaban J connectivity index is 2.27. The molecule has 8 heteroatoms. The monoisotopic (exact) mass is 403 g/mol. The van der Waals surface area contributed by atoms with Gasteiger partial charge in [-0.15, -0.1) is 6.58 Å². The summed E-state index contributed by atoms with van der Waals surface area (Å²) in [6.07, 6.45) is 5.34. The lowest BCUT2D eigenvalue weighted by Crippen LogP contribution is -2.20. The molecule has 0 amide bonds. The van der Waals surface area contributed by atoms with Crippen LogP contribution in [0.3, 0.4) is 0 Å². The Labute approximate surface area is 162 Å². The topological polar surface area (TPSA) is 64.0 Å². The Bertz CT molecular complexity index is 1100. The van der Waals surface area contributed by atoms with Gasteiger partial charge >= 0.3 is 0 Å². The second-order valence-corrected chi connectivity index (χ2v) is 8.04. The van der Waals surface area contributed by atoms with Gasteiger partial charge in [-0.25, -0.2) is 21.2 Å².